The number of hydrogen-bond donors (Lipinski definition) is 0. The predicted molar refractivity (Wildman–Crippen MR) is 108 cm³/mol. The highest BCUT2D eigenvalue weighted by Gasteiger charge is 2.52. The van der Waals surface area contributed by atoms with Gasteiger partial charge in [-0.15, -0.1) is 0 Å². The lowest BCUT2D eigenvalue weighted by molar-refractivity contribution is -0.917. The third-order valence-electron chi connectivity index (χ3n) is 5.54. The predicted octanol–water partition coefficient (Wildman–Crippen LogP) is 3.12. The molecule has 0 saturated carbocycles. The van der Waals surface area contributed by atoms with Crippen molar-refractivity contribution in [2.24, 2.45) is 5.92 Å². The molecule has 0 spiro atoms. The van der Waals surface area contributed by atoms with Crippen LogP contribution in [0.2, 0.25) is 0 Å². The van der Waals surface area contributed by atoms with E-state index in [1.807, 2.05) is 0 Å². The summed E-state index contributed by atoms with van der Waals surface area (Å²) < 4.78 is 127. The molecule has 200 valence electrons. The average molecular weight is 557 g/mol. The first-order valence-electron chi connectivity index (χ1n) is 9.54. The highest BCUT2D eigenvalue weighted by atomic mass is 32.3. The molecule has 1 saturated heterocycles. The lowest BCUT2D eigenvalue weighted by atomic mass is 9.96. The maximum Gasteiger partial charge on any atom is 0.558 e. The van der Waals surface area contributed by atoms with Gasteiger partial charge in [-0.3, -0.25) is 0 Å². The topological polar surface area (TPSA) is 110 Å². The maximum absolute atomic E-state index is 11.4. The first kappa shape index (κ1) is 32.5. The van der Waals surface area contributed by atoms with Crippen molar-refractivity contribution in [3.05, 3.63) is 4.13 Å². The Morgan fingerprint density at radius 3 is 1.67 bits per heavy atom. The summed E-state index contributed by atoms with van der Waals surface area (Å²) in [4.78, 5) is 0. The Hall–Kier alpha value is -0.503. The van der Waals surface area contributed by atoms with E-state index in [2.05, 4.69) is 20.9 Å². The van der Waals surface area contributed by atoms with Gasteiger partial charge in [0.25, 0.3) is 0 Å². The van der Waals surface area contributed by atoms with E-state index >= 15 is 0 Å². The van der Waals surface area contributed by atoms with Gasteiger partial charge in [-0.05, 0) is 6.42 Å². The Morgan fingerprint density at radius 1 is 0.970 bits per heavy atom. The summed E-state index contributed by atoms with van der Waals surface area (Å²) in [5, 5.41) is 0. The Bertz CT molecular complexity index is 784. The molecule has 1 heterocycles. The number of quaternary nitrogens is 1. The summed E-state index contributed by atoms with van der Waals surface area (Å²) >= 11 is 0. The minimum Gasteiger partial charge on any atom is -0.421 e. The fourth-order valence-corrected chi connectivity index (χ4v) is 7.48. The first-order chi connectivity index (χ1) is 14.7. The highest BCUT2D eigenvalue weighted by Crippen LogP contribution is 2.36. The molecular formula is C15H30F6N2O7S2Si. The van der Waals surface area contributed by atoms with Gasteiger partial charge in [0.05, 0.1) is 19.6 Å². The zero-order valence-electron chi connectivity index (χ0n) is 19.0. The number of alkyl halides is 6. The van der Waals surface area contributed by atoms with E-state index in [-0.39, 0.29) is 0 Å². The molecule has 1 aliphatic heterocycles. The molecule has 0 N–H and O–H groups in total. The number of sulfonamides is 2. The molecule has 0 aromatic rings. The SMILES string of the molecule is CCC(C)C1CCC[N+]1(C)C[Si](OC)(OC)OC.O=S(=O)([N-]S(=O)(=O)C(F)(F)F)C(F)(F)F. The first-order valence-corrected chi connectivity index (χ1v) is 14.3. The van der Waals surface area contributed by atoms with Gasteiger partial charge >= 0.3 is 19.8 Å². The lowest BCUT2D eigenvalue weighted by Gasteiger charge is -2.42. The van der Waals surface area contributed by atoms with Crippen molar-refractivity contribution in [2.75, 3.05) is 41.1 Å². The summed E-state index contributed by atoms with van der Waals surface area (Å²) in [6, 6.07) is 0.710. The van der Waals surface area contributed by atoms with Crippen LogP contribution in [0, 0.1) is 5.92 Å². The number of rotatable bonds is 9. The van der Waals surface area contributed by atoms with Crippen LogP contribution in [0.5, 0.6) is 0 Å². The Labute approximate surface area is 191 Å². The van der Waals surface area contributed by atoms with E-state index in [0.717, 1.165) is 20.7 Å². The zero-order valence-corrected chi connectivity index (χ0v) is 21.7. The second-order valence-electron chi connectivity index (χ2n) is 7.67. The molecule has 0 aliphatic carbocycles. The van der Waals surface area contributed by atoms with Crippen LogP contribution in [-0.2, 0) is 33.3 Å². The monoisotopic (exact) mass is 556 g/mol. The fourth-order valence-electron chi connectivity index (χ4n) is 3.61. The Balaban J connectivity index is 0.000000633. The van der Waals surface area contributed by atoms with Crippen molar-refractivity contribution in [2.45, 2.75) is 50.2 Å². The zero-order chi connectivity index (χ0) is 26.5. The average Bonchev–Trinajstić information content (AvgIpc) is 3.04. The summed E-state index contributed by atoms with van der Waals surface area (Å²) in [5.74, 6) is 0.745. The third kappa shape index (κ3) is 8.29. The second-order valence-corrected chi connectivity index (χ2v) is 14.0. The molecule has 18 heteroatoms. The van der Waals surface area contributed by atoms with Crippen LogP contribution in [0.25, 0.3) is 4.13 Å². The molecule has 1 rings (SSSR count). The van der Waals surface area contributed by atoms with Crippen LogP contribution in [-0.4, -0.2) is 88.3 Å². The molecule has 33 heavy (non-hydrogen) atoms. The summed E-state index contributed by atoms with van der Waals surface area (Å²) in [6.07, 6.45) is 4.73. The maximum atomic E-state index is 11.4. The summed E-state index contributed by atoms with van der Waals surface area (Å²) in [5.41, 5.74) is -12.4. The molecule has 3 atom stereocenters. The Morgan fingerprint density at radius 2 is 1.36 bits per heavy atom. The molecule has 3 unspecified atom stereocenters. The van der Waals surface area contributed by atoms with Crippen LogP contribution >= 0.6 is 0 Å². The molecule has 1 fully saturated rings. The van der Waals surface area contributed by atoms with Gasteiger partial charge in [0.15, 0.2) is 20.0 Å². The van der Waals surface area contributed by atoms with Crippen LogP contribution in [0.3, 0.4) is 0 Å². The van der Waals surface area contributed by atoms with E-state index in [1.54, 1.807) is 21.3 Å². The van der Waals surface area contributed by atoms with Crippen molar-refractivity contribution in [3.63, 3.8) is 0 Å². The lowest BCUT2D eigenvalue weighted by Crippen LogP contribution is -2.63. The largest absolute Gasteiger partial charge is 0.558 e. The summed E-state index contributed by atoms with van der Waals surface area (Å²) in [7, 11) is -8.47. The van der Waals surface area contributed by atoms with Crippen molar-refractivity contribution < 1.29 is 60.9 Å². The van der Waals surface area contributed by atoms with Crippen molar-refractivity contribution in [1.82, 2.24) is 0 Å². The van der Waals surface area contributed by atoms with Crippen LogP contribution in [0.1, 0.15) is 33.1 Å². The molecule has 0 aromatic carbocycles. The van der Waals surface area contributed by atoms with Gasteiger partial charge in [0.1, 0.15) is 6.17 Å². The smallest absolute Gasteiger partial charge is 0.421 e. The van der Waals surface area contributed by atoms with Gasteiger partial charge in [-0.25, -0.2) is 16.8 Å². The fraction of sp³-hybridized carbons (Fsp3) is 1.00. The molecular weight excluding hydrogens is 526 g/mol. The normalized spacial score (nSPS) is 23.7. The summed E-state index contributed by atoms with van der Waals surface area (Å²) in [6.45, 7) is 5.85. The van der Waals surface area contributed by atoms with Crippen molar-refractivity contribution in [1.29, 1.82) is 0 Å². The molecule has 9 nitrogen and oxygen atoms in total. The van der Waals surface area contributed by atoms with Gasteiger partial charge in [0.2, 0.25) is 0 Å². The minimum atomic E-state index is -6.72. The van der Waals surface area contributed by atoms with E-state index in [9.17, 15) is 43.2 Å². The van der Waals surface area contributed by atoms with Crippen LogP contribution in [0.4, 0.5) is 26.3 Å². The van der Waals surface area contributed by atoms with Crippen LogP contribution in [0.15, 0.2) is 0 Å². The number of likely N-dealkylation sites (tertiary alicyclic amines) is 1. The van der Waals surface area contributed by atoms with E-state index in [1.165, 1.54) is 25.8 Å². The van der Waals surface area contributed by atoms with E-state index in [0.29, 0.717) is 6.04 Å². The number of nitrogens with zero attached hydrogens (tertiary/aromatic N) is 2. The quantitative estimate of drug-likeness (QED) is 0.244. The standard InChI is InChI=1S/C13H30NO3Si.C2F6NO4S2/c1-7-12(2)13-9-8-10-14(13,3)11-18(15-4,16-5)17-6;3-1(4,5)14(10,11)9-15(12,13)2(6,7)8/h12-13H,7-11H2,1-6H3;/q+1;-1. The van der Waals surface area contributed by atoms with Crippen molar-refractivity contribution >= 4 is 28.9 Å². The molecule has 0 aromatic heterocycles. The van der Waals surface area contributed by atoms with Crippen LogP contribution < -0.4 is 0 Å². The second kappa shape index (κ2) is 11.5. The number of hydrogen-bond acceptors (Lipinski definition) is 7. The van der Waals surface area contributed by atoms with Crippen molar-refractivity contribution in [3.8, 4) is 0 Å². The van der Waals surface area contributed by atoms with Gasteiger partial charge in [-0.1, -0.05) is 13.8 Å². The molecule has 1 aliphatic rings. The molecule has 0 radical (unpaired) electrons. The highest BCUT2D eigenvalue weighted by molar-refractivity contribution is 8.13. The van der Waals surface area contributed by atoms with E-state index in [4.69, 9.17) is 13.3 Å². The van der Waals surface area contributed by atoms with Gasteiger partial charge in [0, 0.05) is 40.1 Å². The van der Waals surface area contributed by atoms with Gasteiger partial charge < -0.3 is 21.9 Å². The minimum absolute atomic E-state index is 0.710. The number of halogens is 6. The Kier molecular flexibility index (Phi) is 11.3. The molecule has 0 amide bonds. The van der Waals surface area contributed by atoms with Gasteiger partial charge in [-0.2, -0.15) is 26.3 Å². The van der Waals surface area contributed by atoms with E-state index < -0.39 is 39.9 Å². The molecule has 0 bridgehead atoms. The third-order valence-corrected chi connectivity index (χ3v) is 11.3.